The molecule has 44 heavy (non-hydrogen) atoms. The average molecular weight is 614 g/mol. The molecule has 2 fully saturated rings. The largest absolute Gasteiger partial charge is 0.507 e. The number of hydrogen-bond acceptors (Lipinski definition) is 12. The smallest absolute Gasteiger partial charge is 0.201 e. The minimum atomic E-state index is -0.888. The zero-order chi connectivity index (χ0) is 31.5. The van der Waals surface area contributed by atoms with Gasteiger partial charge >= 0.3 is 0 Å². The van der Waals surface area contributed by atoms with Crippen LogP contribution in [0.2, 0.25) is 0 Å². The summed E-state index contributed by atoms with van der Waals surface area (Å²) in [5.74, 6) is -1.84. The summed E-state index contributed by atoms with van der Waals surface area (Å²) < 4.78 is 29.2. The Balaban J connectivity index is 0.00000188. The molecule has 2 aromatic rings. The summed E-state index contributed by atoms with van der Waals surface area (Å²) in [6.45, 7) is 5.56. The van der Waals surface area contributed by atoms with Crippen LogP contribution in [0.15, 0.2) is 24.8 Å². The molecule has 3 unspecified atom stereocenters. The lowest BCUT2D eigenvalue weighted by molar-refractivity contribution is -0.229. The van der Waals surface area contributed by atoms with Crippen molar-refractivity contribution in [2.45, 2.75) is 50.4 Å². The molecule has 12 heteroatoms. The zero-order valence-corrected chi connectivity index (χ0v) is 24.8. The molecule has 0 aromatic heterocycles. The number of aromatic hydroxyl groups is 2. The van der Waals surface area contributed by atoms with Gasteiger partial charge in [0.15, 0.2) is 12.1 Å². The number of carbonyl (C=O) groups is 2. The van der Waals surface area contributed by atoms with E-state index in [9.17, 15) is 24.9 Å². The maximum absolute atomic E-state index is 13.8. The molecule has 0 amide bonds. The number of aliphatic hydroxyl groups is 2. The van der Waals surface area contributed by atoms with Gasteiger partial charge in [-0.3, -0.25) is 14.9 Å². The first-order valence-corrected chi connectivity index (χ1v) is 14.7. The Kier molecular flexibility index (Phi) is 10.0. The van der Waals surface area contributed by atoms with Gasteiger partial charge in [-0.1, -0.05) is 18.7 Å². The van der Waals surface area contributed by atoms with Crippen LogP contribution in [0.25, 0.3) is 5.57 Å². The highest BCUT2D eigenvalue weighted by molar-refractivity contribution is 6.22. The molecule has 238 valence electrons. The summed E-state index contributed by atoms with van der Waals surface area (Å²) in [5.41, 5.74) is 1.62. The van der Waals surface area contributed by atoms with E-state index in [4.69, 9.17) is 28.8 Å². The highest BCUT2D eigenvalue weighted by Gasteiger charge is 2.43. The Bertz CT molecular complexity index is 1410. The number of ether oxygens (including phenoxy) is 5. The van der Waals surface area contributed by atoms with Gasteiger partial charge < -0.3 is 44.1 Å². The van der Waals surface area contributed by atoms with E-state index in [0.29, 0.717) is 49.5 Å². The SMILES string of the molecule is C=C1c2cccc(OC)c2C(=O)c2c(O)c3c(c(O)c21)CC(C(=O)CO)C[C@@H]3OC1CC[C@H](OC2COCCN2)CO1.CO. The lowest BCUT2D eigenvalue weighted by Crippen LogP contribution is -2.47. The summed E-state index contributed by atoms with van der Waals surface area (Å²) in [5, 5.41) is 43.1. The summed E-state index contributed by atoms with van der Waals surface area (Å²) in [6, 6.07) is 5.07. The first kappa shape index (κ1) is 32.0. The third-order valence-corrected chi connectivity index (χ3v) is 8.55. The maximum Gasteiger partial charge on any atom is 0.201 e. The van der Waals surface area contributed by atoms with E-state index in [2.05, 4.69) is 11.9 Å². The number of aliphatic hydroxyl groups excluding tert-OH is 2. The van der Waals surface area contributed by atoms with Crippen LogP contribution < -0.4 is 10.1 Å². The van der Waals surface area contributed by atoms with E-state index in [1.165, 1.54) is 7.11 Å². The van der Waals surface area contributed by atoms with Crippen LogP contribution in [-0.4, -0.2) is 97.8 Å². The number of hydrogen-bond donors (Lipinski definition) is 5. The predicted octanol–water partition coefficient (Wildman–Crippen LogP) is 1.97. The number of benzene rings is 2. The molecule has 4 aliphatic rings. The Hall–Kier alpha value is -3.36. The van der Waals surface area contributed by atoms with E-state index < -0.39 is 36.5 Å². The Morgan fingerprint density at radius 3 is 2.55 bits per heavy atom. The second-order valence-electron chi connectivity index (χ2n) is 11.0. The number of phenolic OH excluding ortho intramolecular Hbond substituents is 2. The summed E-state index contributed by atoms with van der Waals surface area (Å²) in [4.78, 5) is 26.5. The number of nitrogens with one attached hydrogen (secondary N) is 1. The van der Waals surface area contributed by atoms with Crippen LogP contribution in [0.4, 0.5) is 0 Å². The number of phenols is 2. The number of morpholine rings is 1. The fourth-order valence-electron chi connectivity index (χ4n) is 6.47. The van der Waals surface area contributed by atoms with E-state index in [1.54, 1.807) is 18.2 Å². The molecule has 12 nitrogen and oxygen atoms in total. The minimum absolute atomic E-state index is 0.0611. The van der Waals surface area contributed by atoms with Gasteiger partial charge in [-0.25, -0.2) is 0 Å². The fourth-order valence-corrected chi connectivity index (χ4v) is 6.47. The van der Waals surface area contributed by atoms with Crippen LogP contribution in [0.5, 0.6) is 17.2 Å². The molecule has 0 bridgehead atoms. The van der Waals surface area contributed by atoms with Crippen molar-refractivity contribution >= 4 is 17.1 Å². The van der Waals surface area contributed by atoms with Crippen molar-refractivity contribution in [1.82, 2.24) is 5.32 Å². The maximum atomic E-state index is 13.8. The van der Waals surface area contributed by atoms with Gasteiger partial charge in [0.25, 0.3) is 0 Å². The molecule has 2 aliphatic heterocycles. The van der Waals surface area contributed by atoms with Gasteiger partial charge in [-0.15, -0.1) is 0 Å². The van der Waals surface area contributed by atoms with E-state index in [-0.39, 0.29) is 71.1 Å². The van der Waals surface area contributed by atoms with E-state index >= 15 is 0 Å². The minimum Gasteiger partial charge on any atom is -0.507 e. The molecular formula is C32H39NO11. The van der Waals surface area contributed by atoms with Gasteiger partial charge in [0.2, 0.25) is 5.78 Å². The number of methoxy groups -OCH3 is 1. The molecule has 2 aromatic carbocycles. The first-order chi connectivity index (χ1) is 21.3. The van der Waals surface area contributed by atoms with E-state index in [1.807, 2.05) is 0 Å². The molecule has 5 N–H and O–H groups in total. The zero-order valence-electron chi connectivity index (χ0n) is 24.8. The molecular weight excluding hydrogens is 574 g/mol. The Morgan fingerprint density at radius 1 is 1.09 bits per heavy atom. The van der Waals surface area contributed by atoms with Gasteiger partial charge in [0.1, 0.15) is 30.1 Å². The number of Topliss-reactive ketones (excluding diaryl/α,β-unsaturated/α-hetero) is 1. The number of carbonyl (C=O) groups excluding carboxylic acids is 2. The summed E-state index contributed by atoms with van der Waals surface area (Å²) in [6.07, 6.45) is -0.593. The molecule has 2 heterocycles. The summed E-state index contributed by atoms with van der Waals surface area (Å²) >= 11 is 0. The predicted molar refractivity (Wildman–Crippen MR) is 157 cm³/mol. The molecule has 0 radical (unpaired) electrons. The van der Waals surface area contributed by atoms with Crippen molar-refractivity contribution in [1.29, 1.82) is 0 Å². The van der Waals surface area contributed by atoms with Crippen LogP contribution in [0.1, 0.15) is 63.5 Å². The number of fused-ring (bicyclic) bond motifs is 3. The van der Waals surface area contributed by atoms with Crippen molar-refractivity contribution in [3.63, 3.8) is 0 Å². The van der Waals surface area contributed by atoms with Crippen LogP contribution in [-0.2, 0) is 30.2 Å². The Labute approximate surface area is 255 Å². The van der Waals surface area contributed by atoms with Crippen LogP contribution >= 0.6 is 0 Å². The van der Waals surface area contributed by atoms with Crippen molar-refractivity contribution in [2.75, 3.05) is 47.2 Å². The van der Waals surface area contributed by atoms with E-state index in [0.717, 1.165) is 7.11 Å². The van der Waals surface area contributed by atoms with Gasteiger partial charge in [0, 0.05) is 42.7 Å². The number of ketones is 2. The molecule has 0 saturated carbocycles. The van der Waals surface area contributed by atoms with Crippen molar-refractivity contribution in [3.05, 3.63) is 58.2 Å². The first-order valence-electron chi connectivity index (χ1n) is 14.7. The summed E-state index contributed by atoms with van der Waals surface area (Å²) in [7, 11) is 2.45. The quantitative estimate of drug-likeness (QED) is 0.246. The standard InChI is InChI=1S/C31H35NO10.CH4O/c1-15-18-4-3-5-21(38-2)26(18)30(36)28-25(15)29(35)19-10-16(20(34)12-33)11-22(27(19)31(28)37)42-24-7-6-17(13-40-24)41-23-14-39-9-8-32-23;1-2/h3-5,16-17,22-24,32-33,35,37H,1,6-14H2,2H3;2H,1H3/t16?,17-,22-,23?,24?;/m0./s1. The monoisotopic (exact) mass is 613 g/mol. The average Bonchev–Trinajstić information content (AvgIpc) is 3.06. The van der Waals surface area contributed by atoms with Gasteiger partial charge in [0.05, 0.1) is 50.3 Å². The number of rotatable bonds is 7. The second-order valence-corrected chi connectivity index (χ2v) is 11.0. The molecule has 5 atom stereocenters. The van der Waals surface area contributed by atoms with Crippen LogP contribution in [0, 0.1) is 5.92 Å². The lowest BCUT2D eigenvalue weighted by Gasteiger charge is -2.38. The molecule has 6 rings (SSSR count). The third kappa shape index (κ3) is 5.86. The highest BCUT2D eigenvalue weighted by Crippen LogP contribution is 2.54. The lowest BCUT2D eigenvalue weighted by atomic mass is 9.73. The third-order valence-electron chi connectivity index (χ3n) is 8.55. The topological polar surface area (TPSA) is 173 Å². The molecule has 2 aliphatic carbocycles. The van der Waals surface area contributed by atoms with Crippen LogP contribution in [0.3, 0.4) is 0 Å². The molecule has 0 spiro atoms. The van der Waals surface area contributed by atoms with Gasteiger partial charge in [-0.05, 0) is 36.5 Å². The normalized spacial score (nSPS) is 26.0. The van der Waals surface area contributed by atoms with Crippen molar-refractivity contribution in [2.24, 2.45) is 5.92 Å². The molecule has 2 saturated heterocycles. The van der Waals surface area contributed by atoms with Crippen molar-refractivity contribution in [3.8, 4) is 17.2 Å². The van der Waals surface area contributed by atoms with Crippen molar-refractivity contribution < 1.29 is 53.7 Å². The Morgan fingerprint density at radius 2 is 1.89 bits per heavy atom. The fraction of sp³-hybridized carbons (Fsp3) is 0.500. The van der Waals surface area contributed by atoms with Gasteiger partial charge in [-0.2, -0.15) is 0 Å². The second kappa shape index (κ2) is 13.7. The highest BCUT2D eigenvalue weighted by atomic mass is 16.7.